The van der Waals surface area contributed by atoms with Gasteiger partial charge in [-0.15, -0.1) is 0 Å². The van der Waals surface area contributed by atoms with Crippen LogP contribution in [0, 0.1) is 0 Å². The standard InChI is InChI=1S/C13H7Cl2NO2/c14-6-1-2-8-11(3-6)16-12-9(13(8)18)4-7(17)5-10(12)15/h1-5,17H,(H,16,18). The zero-order valence-corrected chi connectivity index (χ0v) is 10.5. The van der Waals surface area contributed by atoms with Crippen molar-refractivity contribution in [2.24, 2.45) is 0 Å². The predicted octanol–water partition coefficient (Wildman–Crippen LogP) is 3.69. The Morgan fingerprint density at radius 2 is 1.83 bits per heavy atom. The molecule has 0 aliphatic rings. The van der Waals surface area contributed by atoms with E-state index >= 15 is 0 Å². The molecule has 2 N–H and O–H groups in total. The number of fused-ring (bicyclic) bond motifs is 2. The lowest BCUT2D eigenvalue weighted by Gasteiger charge is -2.05. The smallest absolute Gasteiger partial charge is 0.197 e. The minimum absolute atomic E-state index is 0.0358. The van der Waals surface area contributed by atoms with Crippen molar-refractivity contribution in [1.82, 2.24) is 4.98 Å². The fourth-order valence-corrected chi connectivity index (χ4v) is 2.43. The van der Waals surface area contributed by atoms with Crippen LogP contribution in [0.4, 0.5) is 0 Å². The van der Waals surface area contributed by atoms with E-state index in [1.807, 2.05) is 0 Å². The van der Waals surface area contributed by atoms with Gasteiger partial charge in [0.05, 0.1) is 21.4 Å². The van der Waals surface area contributed by atoms with Gasteiger partial charge in [0.1, 0.15) is 5.75 Å². The number of rotatable bonds is 0. The van der Waals surface area contributed by atoms with E-state index in [-0.39, 0.29) is 11.2 Å². The van der Waals surface area contributed by atoms with E-state index in [4.69, 9.17) is 23.2 Å². The first-order chi connectivity index (χ1) is 8.56. The van der Waals surface area contributed by atoms with Crippen LogP contribution in [-0.2, 0) is 0 Å². The van der Waals surface area contributed by atoms with Crippen LogP contribution in [0.2, 0.25) is 10.0 Å². The summed E-state index contributed by atoms with van der Waals surface area (Å²) >= 11 is 11.9. The molecule has 90 valence electrons. The monoisotopic (exact) mass is 279 g/mol. The van der Waals surface area contributed by atoms with Gasteiger partial charge in [-0.2, -0.15) is 0 Å². The quantitative estimate of drug-likeness (QED) is 0.617. The number of halogens is 2. The molecule has 0 spiro atoms. The molecule has 0 aliphatic heterocycles. The number of pyridine rings is 1. The Hall–Kier alpha value is -1.71. The minimum Gasteiger partial charge on any atom is -0.508 e. The van der Waals surface area contributed by atoms with Gasteiger partial charge in [0.15, 0.2) is 5.43 Å². The Morgan fingerprint density at radius 1 is 1.06 bits per heavy atom. The number of hydrogen-bond donors (Lipinski definition) is 2. The second-order valence-electron chi connectivity index (χ2n) is 3.99. The fraction of sp³-hybridized carbons (Fsp3) is 0. The van der Waals surface area contributed by atoms with Crippen LogP contribution in [0.25, 0.3) is 21.8 Å². The molecule has 0 saturated heterocycles. The van der Waals surface area contributed by atoms with E-state index in [0.29, 0.717) is 31.9 Å². The molecule has 0 radical (unpaired) electrons. The number of aromatic hydroxyl groups is 1. The van der Waals surface area contributed by atoms with Gasteiger partial charge in [-0.1, -0.05) is 23.2 Å². The molecule has 5 heteroatoms. The van der Waals surface area contributed by atoms with Gasteiger partial charge in [0.2, 0.25) is 0 Å². The Balaban J connectivity index is 2.61. The summed E-state index contributed by atoms with van der Waals surface area (Å²) in [6, 6.07) is 7.74. The first-order valence-electron chi connectivity index (χ1n) is 5.20. The number of phenols is 1. The molecular formula is C13H7Cl2NO2. The summed E-state index contributed by atoms with van der Waals surface area (Å²) in [7, 11) is 0. The van der Waals surface area contributed by atoms with E-state index in [0.717, 1.165) is 0 Å². The average molecular weight is 280 g/mol. The summed E-state index contributed by atoms with van der Waals surface area (Å²) in [6.45, 7) is 0. The predicted molar refractivity (Wildman–Crippen MR) is 73.8 cm³/mol. The highest BCUT2D eigenvalue weighted by molar-refractivity contribution is 6.35. The van der Waals surface area contributed by atoms with E-state index in [2.05, 4.69) is 4.98 Å². The van der Waals surface area contributed by atoms with Crippen molar-refractivity contribution in [2.45, 2.75) is 0 Å². The second kappa shape index (κ2) is 3.90. The lowest BCUT2D eigenvalue weighted by molar-refractivity contribution is 0.476. The third-order valence-corrected chi connectivity index (χ3v) is 3.34. The molecule has 3 rings (SSSR count). The summed E-state index contributed by atoms with van der Waals surface area (Å²) in [5.41, 5.74) is 0.926. The van der Waals surface area contributed by atoms with Gasteiger partial charge in [0.25, 0.3) is 0 Å². The number of H-pyrrole nitrogens is 1. The molecule has 0 amide bonds. The van der Waals surface area contributed by atoms with Gasteiger partial charge in [-0.25, -0.2) is 0 Å². The van der Waals surface area contributed by atoms with Gasteiger partial charge in [-0.3, -0.25) is 4.79 Å². The van der Waals surface area contributed by atoms with Crippen molar-refractivity contribution < 1.29 is 5.11 Å². The molecule has 1 aromatic heterocycles. The molecular weight excluding hydrogens is 273 g/mol. The minimum atomic E-state index is -0.187. The van der Waals surface area contributed by atoms with Gasteiger partial charge >= 0.3 is 0 Å². The number of phenolic OH excluding ortho intramolecular Hbond substituents is 1. The molecule has 0 bridgehead atoms. The van der Waals surface area contributed by atoms with Crippen LogP contribution >= 0.6 is 23.2 Å². The Bertz CT molecular complexity index is 840. The average Bonchev–Trinajstić information content (AvgIpc) is 2.31. The van der Waals surface area contributed by atoms with E-state index in [1.54, 1.807) is 18.2 Å². The summed E-state index contributed by atoms with van der Waals surface area (Å²) in [5.74, 6) is -0.0358. The zero-order valence-electron chi connectivity index (χ0n) is 9.00. The van der Waals surface area contributed by atoms with E-state index in [1.165, 1.54) is 12.1 Å². The fourth-order valence-electron chi connectivity index (χ4n) is 2.00. The number of aromatic amines is 1. The van der Waals surface area contributed by atoms with Crippen LogP contribution in [0.1, 0.15) is 0 Å². The van der Waals surface area contributed by atoms with Crippen molar-refractivity contribution in [3.8, 4) is 5.75 Å². The maximum absolute atomic E-state index is 12.3. The largest absolute Gasteiger partial charge is 0.508 e. The molecule has 0 unspecified atom stereocenters. The van der Waals surface area contributed by atoms with Crippen molar-refractivity contribution in [2.75, 3.05) is 0 Å². The molecule has 3 aromatic rings. The second-order valence-corrected chi connectivity index (χ2v) is 4.84. The summed E-state index contributed by atoms with van der Waals surface area (Å²) < 4.78 is 0. The highest BCUT2D eigenvalue weighted by atomic mass is 35.5. The molecule has 0 atom stereocenters. The molecule has 3 nitrogen and oxygen atoms in total. The van der Waals surface area contributed by atoms with Crippen LogP contribution in [-0.4, -0.2) is 10.1 Å². The SMILES string of the molecule is O=c1c2ccc(Cl)cc2[nH]c2c(Cl)cc(O)cc12. The van der Waals surface area contributed by atoms with Crippen molar-refractivity contribution in [3.05, 3.63) is 50.6 Å². The number of benzene rings is 2. The highest BCUT2D eigenvalue weighted by Gasteiger charge is 2.09. The van der Waals surface area contributed by atoms with Gasteiger partial charge < -0.3 is 10.1 Å². The number of aromatic nitrogens is 1. The third kappa shape index (κ3) is 1.64. The Morgan fingerprint density at radius 3 is 2.61 bits per heavy atom. The highest BCUT2D eigenvalue weighted by Crippen LogP contribution is 2.27. The van der Waals surface area contributed by atoms with Crippen molar-refractivity contribution in [1.29, 1.82) is 0 Å². The zero-order chi connectivity index (χ0) is 12.9. The Kier molecular flexibility index (Phi) is 2.47. The normalized spacial score (nSPS) is 11.2. The van der Waals surface area contributed by atoms with Gasteiger partial charge in [-0.05, 0) is 24.3 Å². The van der Waals surface area contributed by atoms with Crippen molar-refractivity contribution in [3.63, 3.8) is 0 Å². The first-order valence-corrected chi connectivity index (χ1v) is 5.95. The maximum Gasteiger partial charge on any atom is 0.197 e. The molecule has 0 fully saturated rings. The lowest BCUT2D eigenvalue weighted by Crippen LogP contribution is -2.04. The molecule has 1 heterocycles. The Labute approximate surface area is 112 Å². The van der Waals surface area contributed by atoms with E-state index < -0.39 is 0 Å². The number of nitrogens with one attached hydrogen (secondary N) is 1. The molecule has 18 heavy (non-hydrogen) atoms. The lowest BCUT2D eigenvalue weighted by atomic mass is 10.1. The summed E-state index contributed by atoms with van der Waals surface area (Å²) in [4.78, 5) is 15.3. The summed E-state index contributed by atoms with van der Waals surface area (Å²) in [5, 5.41) is 11.2. The van der Waals surface area contributed by atoms with Crippen molar-refractivity contribution >= 4 is 45.0 Å². The molecule has 0 saturated carbocycles. The first kappa shape index (κ1) is 11.4. The topological polar surface area (TPSA) is 53.1 Å². The maximum atomic E-state index is 12.3. The van der Waals surface area contributed by atoms with Crippen LogP contribution in [0.15, 0.2) is 35.1 Å². The molecule has 2 aromatic carbocycles. The molecule has 0 aliphatic carbocycles. The van der Waals surface area contributed by atoms with Crippen LogP contribution in [0.3, 0.4) is 0 Å². The van der Waals surface area contributed by atoms with Gasteiger partial charge in [0, 0.05) is 16.5 Å². The van der Waals surface area contributed by atoms with E-state index in [9.17, 15) is 9.90 Å². The third-order valence-electron chi connectivity index (χ3n) is 2.81. The van der Waals surface area contributed by atoms with Crippen LogP contribution < -0.4 is 5.43 Å². The number of hydrogen-bond acceptors (Lipinski definition) is 2. The van der Waals surface area contributed by atoms with Crippen LogP contribution in [0.5, 0.6) is 5.75 Å². The summed E-state index contributed by atoms with van der Waals surface area (Å²) in [6.07, 6.45) is 0.